The molecule has 0 saturated heterocycles. The highest BCUT2D eigenvalue weighted by Gasteiger charge is 2.16. The Labute approximate surface area is 129 Å². The Morgan fingerprint density at radius 3 is 2.62 bits per heavy atom. The zero-order valence-electron chi connectivity index (χ0n) is 13.1. The molecular formula is C14H23N3O3S. The first kappa shape index (κ1) is 17.6. The SMILES string of the molecule is CCCN(CC(=O)OC)Cc1csc(N(CC)C(C)=O)n1. The van der Waals surface area contributed by atoms with Gasteiger partial charge in [0.1, 0.15) is 0 Å². The molecule has 0 spiro atoms. The summed E-state index contributed by atoms with van der Waals surface area (Å²) < 4.78 is 4.71. The number of hydrogen-bond acceptors (Lipinski definition) is 6. The maximum absolute atomic E-state index is 11.5. The molecule has 0 aliphatic rings. The van der Waals surface area contributed by atoms with E-state index in [4.69, 9.17) is 4.74 Å². The van der Waals surface area contributed by atoms with Crippen molar-refractivity contribution >= 4 is 28.3 Å². The van der Waals surface area contributed by atoms with Gasteiger partial charge >= 0.3 is 5.97 Å². The summed E-state index contributed by atoms with van der Waals surface area (Å²) in [6.45, 7) is 7.74. The van der Waals surface area contributed by atoms with Gasteiger partial charge in [0.05, 0.1) is 19.3 Å². The highest BCUT2D eigenvalue weighted by Crippen LogP contribution is 2.21. The lowest BCUT2D eigenvalue weighted by atomic mass is 10.3. The van der Waals surface area contributed by atoms with Crippen molar-refractivity contribution in [3.63, 3.8) is 0 Å². The summed E-state index contributed by atoms with van der Waals surface area (Å²) in [5.41, 5.74) is 0.868. The van der Waals surface area contributed by atoms with E-state index in [0.717, 1.165) is 18.7 Å². The number of methoxy groups -OCH3 is 1. The highest BCUT2D eigenvalue weighted by atomic mass is 32.1. The average molecular weight is 313 g/mol. The maximum Gasteiger partial charge on any atom is 0.319 e. The number of carbonyl (C=O) groups is 2. The van der Waals surface area contributed by atoms with Crippen LogP contribution in [0.5, 0.6) is 0 Å². The van der Waals surface area contributed by atoms with Crippen LogP contribution >= 0.6 is 11.3 Å². The fraction of sp³-hybridized carbons (Fsp3) is 0.643. The van der Waals surface area contributed by atoms with Crippen molar-refractivity contribution in [2.45, 2.75) is 33.7 Å². The molecular weight excluding hydrogens is 290 g/mol. The molecule has 6 nitrogen and oxygen atoms in total. The second kappa shape index (κ2) is 8.74. The van der Waals surface area contributed by atoms with E-state index in [0.29, 0.717) is 18.2 Å². The van der Waals surface area contributed by atoms with Crippen LogP contribution in [0.3, 0.4) is 0 Å². The summed E-state index contributed by atoms with van der Waals surface area (Å²) in [5.74, 6) is -0.267. The Bertz CT molecular complexity index is 476. The number of ether oxygens (including phenoxy) is 1. The highest BCUT2D eigenvalue weighted by molar-refractivity contribution is 7.14. The Hall–Kier alpha value is -1.47. The van der Waals surface area contributed by atoms with Gasteiger partial charge < -0.3 is 4.74 Å². The number of anilines is 1. The Morgan fingerprint density at radius 1 is 1.38 bits per heavy atom. The van der Waals surface area contributed by atoms with Gasteiger partial charge in [-0.3, -0.25) is 19.4 Å². The fourth-order valence-corrected chi connectivity index (χ4v) is 2.92. The summed E-state index contributed by atoms with van der Waals surface area (Å²) in [6, 6.07) is 0. The first-order valence-corrected chi connectivity index (χ1v) is 7.91. The minimum atomic E-state index is -0.252. The average Bonchev–Trinajstić information content (AvgIpc) is 2.87. The molecule has 1 amide bonds. The summed E-state index contributed by atoms with van der Waals surface area (Å²) in [7, 11) is 1.39. The number of aromatic nitrogens is 1. The quantitative estimate of drug-likeness (QED) is 0.686. The first-order valence-electron chi connectivity index (χ1n) is 7.03. The van der Waals surface area contributed by atoms with Crippen molar-refractivity contribution in [2.24, 2.45) is 0 Å². The molecule has 0 aliphatic carbocycles. The first-order chi connectivity index (χ1) is 10.0. The molecule has 1 heterocycles. The molecule has 0 aromatic carbocycles. The predicted molar refractivity (Wildman–Crippen MR) is 83.4 cm³/mol. The molecule has 0 N–H and O–H groups in total. The minimum Gasteiger partial charge on any atom is -0.468 e. The molecule has 0 saturated carbocycles. The van der Waals surface area contributed by atoms with E-state index in [1.54, 1.807) is 4.90 Å². The van der Waals surface area contributed by atoms with Crippen molar-refractivity contribution in [3.8, 4) is 0 Å². The number of rotatable bonds is 8. The van der Waals surface area contributed by atoms with Gasteiger partial charge in [-0.15, -0.1) is 11.3 Å². The van der Waals surface area contributed by atoms with Crippen LogP contribution < -0.4 is 4.90 Å². The molecule has 1 aromatic rings. The molecule has 1 rings (SSSR count). The van der Waals surface area contributed by atoms with E-state index < -0.39 is 0 Å². The van der Waals surface area contributed by atoms with Gasteiger partial charge in [0, 0.05) is 25.4 Å². The van der Waals surface area contributed by atoms with Gasteiger partial charge in [-0.05, 0) is 19.9 Å². The number of hydrogen-bond donors (Lipinski definition) is 0. The Balaban J connectivity index is 2.74. The minimum absolute atomic E-state index is 0.0154. The molecule has 118 valence electrons. The third-order valence-corrected chi connectivity index (χ3v) is 3.89. The van der Waals surface area contributed by atoms with E-state index in [1.807, 2.05) is 17.2 Å². The van der Waals surface area contributed by atoms with Crippen LogP contribution in [0, 0.1) is 0 Å². The lowest BCUT2D eigenvalue weighted by Gasteiger charge is -2.19. The molecule has 1 aromatic heterocycles. The van der Waals surface area contributed by atoms with E-state index in [1.165, 1.54) is 25.4 Å². The second-order valence-electron chi connectivity index (χ2n) is 4.67. The van der Waals surface area contributed by atoms with Crippen LogP contribution in [0.2, 0.25) is 0 Å². The van der Waals surface area contributed by atoms with Crippen molar-refractivity contribution < 1.29 is 14.3 Å². The zero-order valence-corrected chi connectivity index (χ0v) is 13.9. The molecule has 0 aliphatic heterocycles. The van der Waals surface area contributed by atoms with Gasteiger partial charge in [-0.1, -0.05) is 6.92 Å². The number of nitrogens with zero attached hydrogens (tertiary/aromatic N) is 3. The van der Waals surface area contributed by atoms with Crippen LogP contribution in [0.15, 0.2) is 5.38 Å². The molecule has 0 atom stereocenters. The number of amides is 1. The third-order valence-electron chi connectivity index (χ3n) is 2.97. The zero-order chi connectivity index (χ0) is 15.8. The molecule has 0 radical (unpaired) electrons. The topological polar surface area (TPSA) is 62.7 Å². The normalized spacial score (nSPS) is 10.7. The summed E-state index contributed by atoms with van der Waals surface area (Å²) in [4.78, 5) is 31.0. The molecule has 0 unspecified atom stereocenters. The molecule has 0 bridgehead atoms. The van der Waals surface area contributed by atoms with Gasteiger partial charge in [0.2, 0.25) is 5.91 Å². The van der Waals surface area contributed by atoms with Gasteiger partial charge in [-0.2, -0.15) is 0 Å². The summed E-state index contributed by atoms with van der Waals surface area (Å²) in [6.07, 6.45) is 0.947. The van der Waals surface area contributed by atoms with E-state index in [9.17, 15) is 9.59 Å². The van der Waals surface area contributed by atoms with Crippen LogP contribution in [-0.2, 0) is 20.9 Å². The molecule has 7 heteroatoms. The van der Waals surface area contributed by atoms with E-state index in [-0.39, 0.29) is 18.4 Å². The van der Waals surface area contributed by atoms with E-state index >= 15 is 0 Å². The monoisotopic (exact) mass is 313 g/mol. The smallest absolute Gasteiger partial charge is 0.319 e. The second-order valence-corrected chi connectivity index (χ2v) is 5.51. The lowest BCUT2D eigenvalue weighted by Crippen LogP contribution is -2.31. The van der Waals surface area contributed by atoms with Crippen LogP contribution in [0.1, 0.15) is 32.9 Å². The van der Waals surface area contributed by atoms with Gasteiger partial charge in [-0.25, -0.2) is 4.98 Å². The Kier molecular flexibility index (Phi) is 7.31. The largest absolute Gasteiger partial charge is 0.468 e. The van der Waals surface area contributed by atoms with Crippen LogP contribution in [0.4, 0.5) is 5.13 Å². The third kappa shape index (κ3) is 5.43. The van der Waals surface area contributed by atoms with Gasteiger partial charge in [0.25, 0.3) is 0 Å². The summed E-state index contributed by atoms with van der Waals surface area (Å²) >= 11 is 1.45. The van der Waals surface area contributed by atoms with Crippen molar-refractivity contribution in [1.82, 2.24) is 9.88 Å². The number of esters is 1. The molecule has 0 fully saturated rings. The number of carbonyl (C=O) groups excluding carboxylic acids is 2. The number of thiazole rings is 1. The van der Waals surface area contributed by atoms with Crippen molar-refractivity contribution in [1.29, 1.82) is 0 Å². The summed E-state index contributed by atoms with van der Waals surface area (Å²) in [5, 5.41) is 2.63. The van der Waals surface area contributed by atoms with Crippen molar-refractivity contribution in [3.05, 3.63) is 11.1 Å². The van der Waals surface area contributed by atoms with Crippen molar-refractivity contribution in [2.75, 3.05) is 31.6 Å². The maximum atomic E-state index is 11.5. The van der Waals surface area contributed by atoms with Gasteiger partial charge in [0.15, 0.2) is 5.13 Å². The van der Waals surface area contributed by atoms with E-state index in [2.05, 4.69) is 11.9 Å². The fourth-order valence-electron chi connectivity index (χ4n) is 1.99. The lowest BCUT2D eigenvalue weighted by molar-refractivity contribution is -0.142. The Morgan fingerprint density at radius 2 is 2.10 bits per heavy atom. The standard InChI is InChI=1S/C14H23N3O3S/c1-5-7-16(9-13(19)20-4)8-12-10-21-14(15-12)17(6-2)11(3)18/h10H,5-9H2,1-4H3. The van der Waals surface area contributed by atoms with Crippen LogP contribution in [-0.4, -0.2) is 48.5 Å². The van der Waals surface area contributed by atoms with Crippen LogP contribution in [0.25, 0.3) is 0 Å². The predicted octanol–water partition coefficient (Wildman–Crippen LogP) is 1.90. The molecule has 21 heavy (non-hydrogen) atoms.